The summed E-state index contributed by atoms with van der Waals surface area (Å²) in [6.07, 6.45) is 2.85. The lowest BCUT2D eigenvalue weighted by Gasteiger charge is -2.06. The van der Waals surface area contributed by atoms with Crippen molar-refractivity contribution < 1.29 is 4.74 Å². The molecule has 4 nitrogen and oxygen atoms in total. The molecule has 0 aliphatic rings. The second-order valence-electron chi connectivity index (χ2n) is 5.44. The van der Waals surface area contributed by atoms with Crippen molar-refractivity contribution in [3.05, 3.63) is 52.3 Å². The molecule has 0 spiro atoms. The molecule has 0 radical (unpaired) electrons. The van der Waals surface area contributed by atoms with E-state index in [4.69, 9.17) is 15.5 Å². The largest absolute Gasteiger partial charge is 0.494 e. The molecule has 0 amide bonds. The highest BCUT2D eigenvalue weighted by Crippen LogP contribution is 2.28. The van der Waals surface area contributed by atoms with E-state index in [0.29, 0.717) is 13.2 Å². The topological polar surface area (TPSA) is 52.5 Å². The van der Waals surface area contributed by atoms with Crippen LogP contribution in [-0.4, -0.2) is 22.5 Å². The monoisotopic (exact) mass is 373 g/mol. The number of imidazole rings is 1. The van der Waals surface area contributed by atoms with Crippen LogP contribution in [0.1, 0.15) is 18.2 Å². The number of rotatable bonds is 5. The van der Waals surface area contributed by atoms with Crippen LogP contribution in [0.2, 0.25) is 0 Å². The molecule has 3 aromatic rings. The molecule has 0 unspecified atom stereocenters. The van der Waals surface area contributed by atoms with Crippen LogP contribution in [0.25, 0.3) is 16.9 Å². The fraction of sp³-hybridized carbons (Fsp3) is 0.278. The minimum atomic E-state index is 0.587. The molecule has 2 N–H and O–H groups in total. The molecule has 1 aromatic carbocycles. The molecular formula is C18H20BrN3O. The van der Waals surface area contributed by atoms with Gasteiger partial charge in [-0.1, -0.05) is 0 Å². The van der Waals surface area contributed by atoms with Crippen molar-refractivity contribution >= 4 is 21.6 Å². The number of hydrogen-bond donors (Lipinski definition) is 1. The van der Waals surface area contributed by atoms with Gasteiger partial charge in [-0.25, -0.2) is 4.98 Å². The molecule has 0 aliphatic carbocycles. The maximum atomic E-state index is 5.82. The third kappa shape index (κ3) is 3.12. The van der Waals surface area contributed by atoms with E-state index in [9.17, 15) is 0 Å². The normalized spacial score (nSPS) is 11.1. The van der Waals surface area contributed by atoms with Gasteiger partial charge in [-0.15, -0.1) is 0 Å². The SMILES string of the molecule is CCOc1ccc(-c2nc3cc(C)c(Br)cn3c2CCN)cc1. The molecule has 23 heavy (non-hydrogen) atoms. The molecular weight excluding hydrogens is 354 g/mol. The number of pyridine rings is 1. The molecule has 0 saturated carbocycles. The van der Waals surface area contributed by atoms with Crippen LogP contribution >= 0.6 is 15.9 Å². The zero-order valence-corrected chi connectivity index (χ0v) is 14.9. The van der Waals surface area contributed by atoms with Crippen molar-refractivity contribution in [1.29, 1.82) is 0 Å². The smallest absolute Gasteiger partial charge is 0.137 e. The number of ether oxygens (including phenoxy) is 1. The van der Waals surface area contributed by atoms with Crippen LogP contribution in [0.4, 0.5) is 0 Å². The summed E-state index contributed by atoms with van der Waals surface area (Å²) in [6, 6.07) is 10.2. The van der Waals surface area contributed by atoms with Crippen molar-refractivity contribution in [2.24, 2.45) is 5.73 Å². The Bertz CT molecular complexity index is 824. The molecule has 0 atom stereocenters. The van der Waals surface area contributed by atoms with Gasteiger partial charge in [0, 0.05) is 22.7 Å². The lowest BCUT2D eigenvalue weighted by Crippen LogP contribution is -2.06. The molecule has 5 heteroatoms. The molecule has 0 saturated heterocycles. The van der Waals surface area contributed by atoms with E-state index in [-0.39, 0.29) is 0 Å². The highest BCUT2D eigenvalue weighted by Gasteiger charge is 2.14. The van der Waals surface area contributed by atoms with E-state index in [1.54, 1.807) is 0 Å². The predicted molar refractivity (Wildman–Crippen MR) is 97.0 cm³/mol. The number of halogens is 1. The zero-order chi connectivity index (χ0) is 16.4. The third-order valence-corrected chi connectivity index (χ3v) is 4.65. The maximum Gasteiger partial charge on any atom is 0.137 e. The van der Waals surface area contributed by atoms with E-state index in [1.165, 1.54) is 5.56 Å². The van der Waals surface area contributed by atoms with Gasteiger partial charge in [-0.05, 0) is 72.2 Å². The number of aryl methyl sites for hydroxylation is 1. The van der Waals surface area contributed by atoms with Crippen molar-refractivity contribution in [3.63, 3.8) is 0 Å². The summed E-state index contributed by atoms with van der Waals surface area (Å²) in [5.41, 5.74) is 11.1. The van der Waals surface area contributed by atoms with Gasteiger partial charge in [0.2, 0.25) is 0 Å². The van der Waals surface area contributed by atoms with Crippen molar-refractivity contribution in [1.82, 2.24) is 9.38 Å². The predicted octanol–water partition coefficient (Wildman–Crippen LogP) is 3.97. The summed E-state index contributed by atoms with van der Waals surface area (Å²) < 4.78 is 8.70. The molecule has 3 rings (SSSR count). The van der Waals surface area contributed by atoms with Gasteiger partial charge in [-0.2, -0.15) is 0 Å². The first-order chi connectivity index (χ1) is 11.1. The van der Waals surface area contributed by atoms with Crippen LogP contribution in [0.15, 0.2) is 41.0 Å². The number of nitrogens with two attached hydrogens (primary N) is 1. The first kappa shape index (κ1) is 16.0. The van der Waals surface area contributed by atoms with Crippen molar-refractivity contribution in [2.45, 2.75) is 20.3 Å². The Hall–Kier alpha value is -1.85. The lowest BCUT2D eigenvalue weighted by molar-refractivity contribution is 0.340. The van der Waals surface area contributed by atoms with Crippen LogP contribution < -0.4 is 10.5 Å². The van der Waals surface area contributed by atoms with Gasteiger partial charge in [0.05, 0.1) is 18.0 Å². The van der Waals surface area contributed by atoms with Crippen LogP contribution in [0.5, 0.6) is 5.75 Å². The Morgan fingerprint density at radius 2 is 2.00 bits per heavy atom. The van der Waals surface area contributed by atoms with E-state index in [1.807, 2.05) is 19.1 Å². The zero-order valence-electron chi connectivity index (χ0n) is 13.3. The van der Waals surface area contributed by atoms with Crippen molar-refractivity contribution in [2.75, 3.05) is 13.2 Å². The average Bonchev–Trinajstić information content (AvgIpc) is 2.87. The summed E-state index contributed by atoms with van der Waals surface area (Å²) >= 11 is 3.60. The average molecular weight is 374 g/mol. The van der Waals surface area contributed by atoms with Crippen LogP contribution in [0, 0.1) is 6.92 Å². The Labute approximate surface area is 144 Å². The maximum absolute atomic E-state index is 5.82. The third-order valence-electron chi connectivity index (χ3n) is 3.82. The van der Waals surface area contributed by atoms with Gasteiger partial charge in [-0.3, -0.25) is 0 Å². The summed E-state index contributed by atoms with van der Waals surface area (Å²) in [5.74, 6) is 0.874. The molecule has 120 valence electrons. The minimum Gasteiger partial charge on any atom is -0.494 e. The highest BCUT2D eigenvalue weighted by molar-refractivity contribution is 9.10. The lowest BCUT2D eigenvalue weighted by atomic mass is 10.1. The molecule has 0 fully saturated rings. The highest BCUT2D eigenvalue weighted by atomic mass is 79.9. The Balaban J connectivity index is 2.13. The van der Waals surface area contributed by atoms with Crippen LogP contribution in [0.3, 0.4) is 0 Å². The molecule has 2 heterocycles. The summed E-state index contributed by atoms with van der Waals surface area (Å²) in [6.45, 7) is 5.30. The van der Waals surface area contributed by atoms with E-state index in [2.05, 4.69) is 51.7 Å². The summed E-state index contributed by atoms with van der Waals surface area (Å²) in [4.78, 5) is 4.82. The van der Waals surface area contributed by atoms with E-state index < -0.39 is 0 Å². The van der Waals surface area contributed by atoms with Gasteiger partial charge >= 0.3 is 0 Å². The summed E-state index contributed by atoms with van der Waals surface area (Å²) in [5, 5.41) is 0. The standard InChI is InChI=1S/C18H20BrN3O/c1-3-23-14-6-4-13(5-7-14)18-16(8-9-20)22-11-15(19)12(2)10-17(22)21-18/h4-7,10-11H,3,8-9,20H2,1-2H3. The molecule has 0 aliphatic heterocycles. The minimum absolute atomic E-state index is 0.587. The van der Waals surface area contributed by atoms with Gasteiger partial charge in [0.15, 0.2) is 0 Å². The summed E-state index contributed by atoms with van der Waals surface area (Å²) in [7, 11) is 0. The molecule has 2 aromatic heterocycles. The number of nitrogens with zero attached hydrogens (tertiary/aromatic N) is 2. The quantitative estimate of drug-likeness (QED) is 0.735. The van der Waals surface area contributed by atoms with Gasteiger partial charge < -0.3 is 14.9 Å². The van der Waals surface area contributed by atoms with Crippen LogP contribution in [-0.2, 0) is 6.42 Å². The Morgan fingerprint density at radius 3 is 2.65 bits per heavy atom. The second-order valence-corrected chi connectivity index (χ2v) is 6.29. The number of aromatic nitrogens is 2. The van der Waals surface area contributed by atoms with Gasteiger partial charge in [0.1, 0.15) is 11.4 Å². The Morgan fingerprint density at radius 1 is 1.26 bits per heavy atom. The fourth-order valence-electron chi connectivity index (χ4n) is 2.69. The van der Waals surface area contributed by atoms with Crippen molar-refractivity contribution in [3.8, 4) is 17.0 Å². The second kappa shape index (κ2) is 6.72. The fourth-order valence-corrected chi connectivity index (χ4v) is 3.01. The Kier molecular flexibility index (Phi) is 4.68. The number of fused-ring (bicyclic) bond motifs is 1. The molecule has 0 bridgehead atoms. The first-order valence-electron chi connectivity index (χ1n) is 7.74. The van der Waals surface area contributed by atoms with Gasteiger partial charge in [0.25, 0.3) is 0 Å². The number of hydrogen-bond acceptors (Lipinski definition) is 3. The van der Waals surface area contributed by atoms with E-state index >= 15 is 0 Å². The first-order valence-corrected chi connectivity index (χ1v) is 8.53. The van der Waals surface area contributed by atoms with E-state index in [0.717, 1.165) is 39.2 Å². The number of benzene rings is 1.